The molecule has 1 saturated heterocycles. The van der Waals surface area contributed by atoms with E-state index in [9.17, 15) is 4.79 Å². The first-order valence-electron chi connectivity index (χ1n) is 7.86. The van der Waals surface area contributed by atoms with Crippen molar-refractivity contribution < 1.29 is 4.79 Å². The fourth-order valence-electron chi connectivity index (χ4n) is 2.71. The summed E-state index contributed by atoms with van der Waals surface area (Å²) >= 11 is 11.9. The van der Waals surface area contributed by atoms with Crippen LogP contribution in [0.2, 0.25) is 10.0 Å². The third kappa shape index (κ3) is 3.97. The number of rotatable bonds is 4. The molecule has 0 unspecified atom stereocenters. The fourth-order valence-corrected chi connectivity index (χ4v) is 3.20. The van der Waals surface area contributed by atoms with Crippen LogP contribution < -0.4 is 10.2 Å². The van der Waals surface area contributed by atoms with E-state index in [2.05, 4.69) is 20.2 Å². The lowest BCUT2D eigenvalue weighted by molar-refractivity contribution is 0.0950. The minimum absolute atomic E-state index is 0.254. The van der Waals surface area contributed by atoms with Crippen molar-refractivity contribution in [3.05, 3.63) is 51.3 Å². The Kier molecular flexibility index (Phi) is 5.21. The number of nitrogens with zero attached hydrogens (tertiary/aromatic N) is 3. The smallest absolute Gasteiger partial charge is 0.253 e. The molecule has 1 aliphatic heterocycles. The number of amides is 1. The van der Waals surface area contributed by atoms with Crippen molar-refractivity contribution in [2.75, 3.05) is 18.0 Å². The molecule has 2 heterocycles. The zero-order valence-electron chi connectivity index (χ0n) is 13.4. The number of carbonyl (C=O) groups excluding carboxylic acids is 1. The highest BCUT2D eigenvalue weighted by molar-refractivity contribution is 6.36. The number of carbonyl (C=O) groups is 1. The number of aromatic nitrogens is 2. The molecule has 1 fully saturated rings. The Hall–Kier alpha value is -1.85. The van der Waals surface area contributed by atoms with Crippen molar-refractivity contribution in [2.24, 2.45) is 0 Å². The number of hydrogen-bond acceptors (Lipinski definition) is 4. The number of anilines is 1. The molecule has 126 valence electrons. The van der Waals surface area contributed by atoms with Crippen LogP contribution in [0, 0.1) is 6.92 Å². The van der Waals surface area contributed by atoms with Crippen LogP contribution in [0.15, 0.2) is 24.3 Å². The summed E-state index contributed by atoms with van der Waals surface area (Å²) in [6, 6.07) is 6.69. The van der Waals surface area contributed by atoms with Gasteiger partial charge in [-0.2, -0.15) is 0 Å². The molecule has 0 bridgehead atoms. The standard InChI is InChI=1S/C17H18Cl2N4O/c1-11-8-13(22-17(21-11)23-6-2-3-7-23)10-20-16(24)14-5-4-12(18)9-15(14)19/h4-5,8-9H,2-3,6-7,10H2,1H3,(H,20,24). The van der Waals surface area contributed by atoms with Gasteiger partial charge < -0.3 is 10.2 Å². The van der Waals surface area contributed by atoms with Gasteiger partial charge in [0.15, 0.2) is 0 Å². The van der Waals surface area contributed by atoms with Gasteiger partial charge in [0.2, 0.25) is 5.95 Å². The highest BCUT2D eigenvalue weighted by Crippen LogP contribution is 2.21. The first-order chi connectivity index (χ1) is 11.5. The monoisotopic (exact) mass is 364 g/mol. The molecular formula is C17H18Cl2N4O. The van der Waals surface area contributed by atoms with Crippen molar-refractivity contribution in [3.8, 4) is 0 Å². The zero-order valence-corrected chi connectivity index (χ0v) is 14.9. The molecule has 1 aliphatic rings. The van der Waals surface area contributed by atoms with Crippen LogP contribution in [0.5, 0.6) is 0 Å². The fraction of sp³-hybridized carbons (Fsp3) is 0.353. The molecule has 7 heteroatoms. The summed E-state index contributed by atoms with van der Waals surface area (Å²) in [5.41, 5.74) is 2.06. The SMILES string of the molecule is Cc1cc(CNC(=O)c2ccc(Cl)cc2Cl)nc(N2CCCC2)n1. The van der Waals surface area contributed by atoms with Gasteiger partial charge in [-0.25, -0.2) is 9.97 Å². The van der Waals surface area contributed by atoms with Crippen molar-refractivity contribution >= 4 is 35.1 Å². The van der Waals surface area contributed by atoms with Crippen LogP contribution in [-0.4, -0.2) is 29.0 Å². The molecule has 1 N–H and O–H groups in total. The van der Waals surface area contributed by atoms with E-state index in [1.54, 1.807) is 18.2 Å². The Bertz CT molecular complexity index is 760. The summed E-state index contributed by atoms with van der Waals surface area (Å²) in [7, 11) is 0. The Labute approximate surface area is 151 Å². The summed E-state index contributed by atoms with van der Waals surface area (Å²) in [5, 5.41) is 3.67. The van der Waals surface area contributed by atoms with Crippen LogP contribution in [0.4, 0.5) is 5.95 Å². The van der Waals surface area contributed by atoms with Gasteiger partial charge in [-0.05, 0) is 44.0 Å². The van der Waals surface area contributed by atoms with Crippen LogP contribution >= 0.6 is 23.2 Å². The van der Waals surface area contributed by atoms with E-state index < -0.39 is 0 Å². The number of aryl methyl sites for hydroxylation is 1. The van der Waals surface area contributed by atoms with E-state index in [1.807, 2.05) is 13.0 Å². The third-order valence-corrected chi connectivity index (χ3v) is 4.44. The minimum atomic E-state index is -0.254. The summed E-state index contributed by atoms with van der Waals surface area (Å²) < 4.78 is 0. The van der Waals surface area contributed by atoms with E-state index in [4.69, 9.17) is 23.2 Å². The maximum atomic E-state index is 12.3. The van der Waals surface area contributed by atoms with Gasteiger partial charge in [-0.15, -0.1) is 0 Å². The van der Waals surface area contributed by atoms with Crippen LogP contribution in [-0.2, 0) is 6.54 Å². The van der Waals surface area contributed by atoms with E-state index in [1.165, 1.54) is 12.8 Å². The third-order valence-electron chi connectivity index (χ3n) is 3.89. The number of hydrogen-bond donors (Lipinski definition) is 1. The number of nitrogens with one attached hydrogen (secondary N) is 1. The van der Waals surface area contributed by atoms with Crippen molar-refractivity contribution in [3.63, 3.8) is 0 Å². The van der Waals surface area contributed by atoms with Gasteiger partial charge in [0.05, 0.1) is 22.8 Å². The topological polar surface area (TPSA) is 58.1 Å². The lowest BCUT2D eigenvalue weighted by Gasteiger charge is -2.16. The predicted molar refractivity (Wildman–Crippen MR) is 95.8 cm³/mol. The summed E-state index contributed by atoms with van der Waals surface area (Å²) in [6.07, 6.45) is 2.33. The Balaban J connectivity index is 1.70. The van der Waals surface area contributed by atoms with Crippen molar-refractivity contribution in [1.82, 2.24) is 15.3 Å². The summed E-state index contributed by atoms with van der Waals surface area (Å²) in [4.78, 5) is 23.5. The molecule has 0 radical (unpaired) electrons. The minimum Gasteiger partial charge on any atom is -0.346 e. The summed E-state index contributed by atoms with van der Waals surface area (Å²) in [5.74, 6) is 0.483. The van der Waals surface area contributed by atoms with Gasteiger partial charge in [0, 0.05) is 23.8 Å². The van der Waals surface area contributed by atoms with Gasteiger partial charge >= 0.3 is 0 Å². The second kappa shape index (κ2) is 7.36. The van der Waals surface area contributed by atoms with Gasteiger partial charge in [-0.1, -0.05) is 23.2 Å². The molecule has 0 saturated carbocycles. The van der Waals surface area contributed by atoms with Crippen LogP contribution in [0.25, 0.3) is 0 Å². The maximum absolute atomic E-state index is 12.3. The zero-order chi connectivity index (χ0) is 17.1. The molecule has 1 aromatic heterocycles. The molecule has 0 atom stereocenters. The van der Waals surface area contributed by atoms with E-state index in [0.29, 0.717) is 22.2 Å². The molecular weight excluding hydrogens is 347 g/mol. The van der Waals surface area contributed by atoms with Crippen molar-refractivity contribution in [1.29, 1.82) is 0 Å². The molecule has 24 heavy (non-hydrogen) atoms. The maximum Gasteiger partial charge on any atom is 0.253 e. The predicted octanol–water partition coefficient (Wildman–Crippen LogP) is 3.62. The van der Waals surface area contributed by atoms with E-state index in [-0.39, 0.29) is 5.91 Å². The molecule has 5 nitrogen and oxygen atoms in total. The lowest BCUT2D eigenvalue weighted by atomic mass is 10.2. The lowest BCUT2D eigenvalue weighted by Crippen LogP contribution is -2.25. The molecule has 2 aromatic rings. The van der Waals surface area contributed by atoms with Gasteiger partial charge in [0.1, 0.15) is 0 Å². The average Bonchev–Trinajstić information content (AvgIpc) is 3.06. The molecule has 1 amide bonds. The average molecular weight is 365 g/mol. The highest BCUT2D eigenvalue weighted by atomic mass is 35.5. The van der Waals surface area contributed by atoms with Gasteiger partial charge in [-0.3, -0.25) is 4.79 Å². The Morgan fingerprint density at radius 1 is 1.21 bits per heavy atom. The second-order valence-electron chi connectivity index (χ2n) is 5.80. The molecule has 0 aliphatic carbocycles. The van der Waals surface area contributed by atoms with E-state index in [0.717, 1.165) is 30.4 Å². The first-order valence-corrected chi connectivity index (χ1v) is 8.61. The van der Waals surface area contributed by atoms with Crippen molar-refractivity contribution in [2.45, 2.75) is 26.3 Å². The normalized spacial score (nSPS) is 14.0. The Morgan fingerprint density at radius 3 is 2.67 bits per heavy atom. The highest BCUT2D eigenvalue weighted by Gasteiger charge is 2.16. The molecule has 3 rings (SSSR count). The number of halogens is 2. The quantitative estimate of drug-likeness (QED) is 0.899. The Morgan fingerprint density at radius 2 is 1.96 bits per heavy atom. The molecule has 1 aromatic carbocycles. The second-order valence-corrected chi connectivity index (χ2v) is 6.65. The first kappa shape index (κ1) is 17.0. The van der Waals surface area contributed by atoms with Gasteiger partial charge in [0.25, 0.3) is 5.91 Å². The number of benzene rings is 1. The van der Waals surface area contributed by atoms with Crippen LogP contribution in [0.1, 0.15) is 34.6 Å². The molecule has 0 spiro atoms. The van der Waals surface area contributed by atoms with E-state index >= 15 is 0 Å². The largest absolute Gasteiger partial charge is 0.346 e. The van der Waals surface area contributed by atoms with Crippen LogP contribution in [0.3, 0.4) is 0 Å². The summed E-state index contributed by atoms with van der Waals surface area (Å²) in [6.45, 7) is 4.22.